The van der Waals surface area contributed by atoms with Crippen LogP contribution in [0.3, 0.4) is 0 Å². The first kappa shape index (κ1) is 13.6. The Hall–Kier alpha value is -3.67. The average Bonchev–Trinajstić information content (AvgIpc) is 3.10. The van der Waals surface area contributed by atoms with Crippen molar-refractivity contribution in [3.8, 4) is 11.9 Å². The van der Waals surface area contributed by atoms with Crippen LogP contribution in [0.15, 0.2) is 41.8 Å². The first-order valence-corrected chi connectivity index (χ1v) is 8.46. The monoisotopic (exact) mass is 343 g/mol. The van der Waals surface area contributed by atoms with Gasteiger partial charge in [-0.25, -0.2) is 20.0 Å². The standard InChI is InChI=1S/C17H13N9/c18-8-24-17(15(21-22-24)11-5-6-11)25-10-20-16-12-3-1-2-4-13(12)23-9-19-7-14(23)26(16)25/h1-4,7,9-11,16H,5-6H2. The molecule has 1 atom stereocenters. The van der Waals surface area contributed by atoms with Crippen molar-refractivity contribution in [1.82, 2.24) is 24.5 Å². The molecule has 1 saturated carbocycles. The molecule has 0 amide bonds. The molecule has 1 fully saturated rings. The van der Waals surface area contributed by atoms with E-state index >= 15 is 0 Å². The number of benzene rings is 1. The van der Waals surface area contributed by atoms with E-state index in [1.807, 2.05) is 32.9 Å². The van der Waals surface area contributed by atoms with Crippen molar-refractivity contribution < 1.29 is 0 Å². The number of para-hydroxylation sites is 1. The fourth-order valence-electron chi connectivity index (χ4n) is 3.73. The molecule has 0 spiro atoms. The highest BCUT2D eigenvalue weighted by atomic mass is 15.7. The smallest absolute Gasteiger partial charge is 0.210 e. The molecule has 1 aliphatic carbocycles. The lowest BCUT2D eigenvalue weighted by molar-refractivity contribution is 0.652. The summed E-state index contributed by atoms with van der Waals surface area (Å²) < 4.78 is 3.30. The molecule has 6 rings (SSSR count). The van der Waals surface area contributed by atoms with E-state index in [0.717, 1.165) is 35.6 Å². The second-order valence-electron chi connectivity index (χ2n) is 6.59. The summed E-state index contributed by atoms with van der Waals surface area (Å²) in [5.74, 6) is 1.91. The van der Waals surface area contributed by atoms with Gasteiger partial charge in [-0.15, -0.1) is 9.78 Å². The zero-order chi connectivity index (χ0) is 17.3. The van der Waals surface area contributed by atoms with Crippen LogP contribution in [0, 0.1) is 11.5 Å². The maximum absolute atomic E-state index is 9.51. The molecule has 9 heteroatoms. The SMILES string of the molecule is N#Cn1nnc(C2CC2)c1N1C=NC2c3ccccc3-n3cncc3N21. The Balaban J connectivity index is 1.55. The number of aromatic nitrogens is 5. The van der Waals surface area contributed by atoms with Gasteiger partial charge in [-0.05, 0) is 18.9 Å². The van der Waals surface area contributed by atoms with E-state index in [-0.39, 0.29) is 6.17 Å². The molecule has 2 aliphatic heterocycles. The maximum Gasteiger partial charge on any atom is 0.210 e. The summed E-state index contributed by atoms with van der Waals surface area (Å²) in [5.41, 5.74) is 3.00. The van der Waals surface area contributed by atoms with Crippen LogP contribution in [0.25, 0.3) is 5.69 Å². The highest BCUT2D eigenvalue weighted by molar-refractivity contribution is 5.87. The zero-order valence-corrected chi connectivity index (χ0v) is 13.6. The van der Waals surface area contributed by atoms with Crippen LogP contribution in [0.2, 0.25) is 0 Å². The van der Waals surface area contributed by atoms with Crippen LogP contribution in [0.1, 0.15) is 36.2 Å². The first-order valence-electron chi connectivity index (χ1n) is 8.46. The number of nitrogens with zero attached hydrogens (tertiary/aromatic N) is 9. The molecule has 26 heavy (non-hydrogen) atoms. The fourth-order valence-corrected chi connectivity index (χ4v) is 3.73. The van der Waals surface area contributed by atoms with E-state index in [2.05, 4.69) is 33.6 Å². The van der Waals surface area contributed by atoms with Crippen molar-refractivity contribution in [3.63, 3.8) is 0 Å². The normalized spacial score (nSPS) is 19.9. The van der Waals surface area contributed by atoms with Crippen molar-refractivity contribution in [2.45, 2.75) is 24.9 Å². The van der Waals surface area contributed by atoms with Crippen LogP contribution in [0.5, 0.6) is 0 Å². The van der Waals surface area contributed by atoms with E-state index in [4.69, 9.17) is 4.99 Å². The predicted molar refractivity (Wildman–Crippen MR) is 92.8 cm³/mol. The van der Waals surface area contributed by atoms with Gasteiger partial charge in [-0.3, -0.25) is 4.57 Å². The summed E-state index contributed by atoms with van der Waals surface area (Å²) in [6, 6.07) is 8.15. The molecule has 4 heterocycles. The van der Waals surface area contributed by atoms with Gasteiger partial charge in [-0.1, -0.05) is 23.4 Å². The van der Waals surface area contributed by atoms with Gasteiger partial charge in [0, 0.05) is 11.5 Å². The third-order valence-electron chi connectivity index (χ3n) is 5.06. The van der Waals surface area contributed by atoms with Gasteiger partial charge >= 0.3 is 0 Å². The Morgan fingerprint density at radius 3 is 2.92 bits per heavy atom. The third-order valence-corrected chi connectivity index (χ3v) is 5.06. The van der Waals surface area contributed by atoms with Gasteiger partial charge < -0.3 is 0 Å². The molecule has 9 nitrogen and oxygen atoms in total. The van der Waals surface area contributed by atoms with E-state index in [1.165, 1.54) is 4.68 Å². The minimum absolute atomic E-state index is 0.204. The summed E-state index contributed by atoms with van der Waals surface area (Å²) in [4.78, 5) is 9.05. The molecule has 1 aromatic carbocycles. The van der Waals surface area contributed by atoms with Gasteiger partial charge in [-0.2, -0.15) is 5.26 Å². The topological polar surface area (TPSA) is 91.2 Å². The Morgan fingerprint density at radius 2 is 2.08 bits per heavy atom. The number of imidazole rings is 1. The Bertz CT molecular complexity index is 1100. The number of fused-ring (bicyclic) bond motifs is 6. The third kappa shape index (κ3) is 1.63. The molecule has 0 radical (unpaired) electrons. The molecular weight excluding hydrogens is 330 g/mol. The molecule has 3 aliphatic rings. The number of aliphatic imine (C=N–C) groups is 1. The van der Waals surface area contributed by atoms with Crippen LogP contribution >= 0.6 is 0 Å². The van der Waals surface area contributed by atoms with Gasteiger partial charge in [0.2, 0.25) is 6.19 Å². The molecule has 1 unspecified atom stereocenters. The molecule has 126 valence electrons. The van der Waals surface area contributed by atoms with Crippen molar-refractivity contribution in [2.24, 2.45) is 4.99 Å². The summed E-state index contributed by atoms with van der Waals surface area (Å²) in [5, 5.41) is 21.7. The van der Waals surface area contributed by atoms with Crippen molar-refractivity contribution in [3.05, 3.63) is 48.0 Å². The number of rotatable bonds is 2. The molecule has 0 bridgehead atoms. The number of hydrogen-bond acceptors (Lipinski definition) is 7. The number of anilines is 2. The maximum atomic E-state index is 9.51. The lowest BCUT2D eigenvalue weighted by Crippen LogP contribution is -2.43. The van der Waals surface area contributed by atoms with Gasteiger partial charge in [0.15, 0.2) is 17.8 Å². The second kappa shape index (κ2) is 4.70. The van der Waals surface area contributed by atoms with Crippen LogP contribution < -0.4 is 10.0 Å². The highest BCUT2D eigenvalue weighted by Gasteiger charge is 2.42. The van der Waals surface area contributed by atoms with Gasteiger partial charge in [0.05, 0.1) is 11.9 Å². The molecular formula is C17H13N9. The minimum Gasteiger partial charge on any atom is -0.284 e. The van der Waals surface area contributed by atoms with Crippen molar-refractivity contribution in [1.29, 1.82) is 5.26 Å². The zero-order valence-electron chi connectivity index (χ0n) is 13.6. The Morgan fingerprint density at radius 1 is 1.19 bits per heavy atom. The molecule has 0 N–H and O–H groups in total. The minimum atomic E-state index is -0.204. The Labute approximate surface area is 148 Å². The van der Waals surface area contributed by atoms with Gasteiger partial charge in [0.1, 0.15) is 18.4 Å². The Kier molecular flexibility index (Phi) is 2.46. The van der Waals surface area contributed by atoms with Crippen LogP contribution in [-0.4, -0.2) is 30.9 Å². The quantitative estimate of drug-likeness (QED) is 0.706. The molecule has 0 saturated heterocycles. The second-order valence-corrected chi connectivity index (χ2v) is 6.59. The average molecular weight is 343 g/mol. The van der Waals surface area contributed by atoms with E-state index in [9.17, 15) is 5.26 Å². The van der Waals surface area contributed by atoms with Crippen LogP contribution in [-0.2, 0) is 0 Å². The van der Waals surface area contributed by atoms with Crippen molar-refractivity contribution in [2.75, 3.05) is 10.0 Å². The molecule has 2 aromatic heterocycles. The summed E-state index contributed by atoms with van der Waals surface area (Å²) in [7, 11) is 0. The van der Waals surface area contributed by atoms with E-state index in [0.29, 0.717) is 11.7 Å². The summed E-state index contributed by atoms with van der Waals surface area (Å²) in [6.07, 6.45) is 9.40. The molecule has 3 aromatic rings. The first-order chi connectivity index (χ1) is 12.9. The number of nitriles is 1. The fraction of sp³-hybridized carbons (Fsp3) is 0.235. The van der Waals surface area contributed by atoms with Crippen molar-refractivity contribution >= 4 is 18.0 Å². The lowest BCUT2D eigenvalue weighted by atomic mass is 10.1. The summed E-state index contributed by atoms with van der Waals surface area (Å²) in [6.45, 7) is 0. The van der Waals surface area contributed by atoms with E-state index in [1.54, 1.807) is 12.7 Å². The lowest BCUT2D eigenvalue weighted by Gasteiger charge is -2.37. The number of hydrazine groups is 1. The summed E-state index contributed by atoms with van der Waals surface area (Å²) >= 11 is 0. The van der Waals surface area contributed by atoms with E-state index < -0.39 is 0 Å². The predicted octanol–water partition coefficient (Wildman–Crippen LogP) is 1.95. The largest absolute Gasteiger partial charge is 0.284 e. The van der Waals surface area contributed by atoms with Crippen LogP contribution in [0.4, 0.5) is 11.6 Å². The highest BCUT2D eigenvalue weighted by Crippen LogP contribution is 2.47. The van der Waals surface area contributed by atoms with Gasteiger partial charge in [0.25, 0.3) is 0 Å². The number of hydrogen-bond donors (Lipinski definition) is 0.